The van der Waals surface area contributed by atoms with Gasteiger partial charge in [-0.1, -0.05) is 0 Å². The SMILES string of the molecule is C=C(OC(C)(C=O)COCC)C(=O)OCC. The van der Waals surface area contributed by atoms with Gasteiger partial charge in [-0.15, -0.1) is 0 Å². The Balaban J connectivity index is 4.35. The van der Waals surface area contributed by atoms with E-state index in [2.05, 4.69) is 11.3 Å². The molecule has 5 nitrogen and oxygen atoms in total. The van der Waals surface area contributed by atoms with Crippen molar-refractivity contribution in [1.82, 2.24) is 0 Å². The van der Waals surface area contributed by atoms with Gasteiger partial charge in [0.2, 0.25) is 0 Å². The molecule has 0 aromatic carbocycles. The summed E-state index contributed by atoms with van der Waals surface area (Å²) in [5.74, 6) is -0.872. The lowest BCUT2D eigenvalue weighted by molar-refractivity contribution is -0.150. The third kappa shape index (κ3) is 4.93. The van der Waals surface area contributed by atoms with Gasteiger partial charge >= 0.3 is 5.97 Å². The van der Waals surface area contributed by atoms with Crippen LogP contribution in [0.4, 0.5) is 0 Å². The van der Waals surface area contributed by atoms with Crippen molar-refractivity contribution in [3.05, 3.63) is 12.3 Å². The summed E-state index contributed by atoms with van der Waals surface area (Å²) in [7, 11) is 0. The average molecular weight is 230 g/mol. The molecule has 0 aromatic rings. The summed E-state index contributed by atoms with van der Waals surface area (Å²) in [5.41, 5.74) is -1.21. The molecule has 0 aliphatic rings. The van der Waals surface area contributed by atoms with E-state index in [1.165, 1.54) is 6.92 Å². The predicted octanol–water partition coefficient (Wildman–Crippen LogP) is 1.07. The fourth-order valence-corrected chi connectivity index (χ4v) is 0.927. The molecule has 0 spiro atoms. The van der Waals surface area contributed by atoms with Crippen LogP contribution in [0.2, 0.25) is 0 Å². The Hall–Kier alpha value is -1.36. The number of rotatable bonds is 8. The minimum atomic E-state index is -1.21. The predicted molar refractivity (Wildman–Crippen MR) is 57.8 cm³/mol. The van der Waals surface area contributed by atoms with E-state index in [1.807, 2.05) is 0 Å². The zero-order chi connectivity index (χ0) is 12.6. The van der Waals surface area contributed by atoms with Crippen molar-refractivity contribution in [2.75, 3.05) is 19.8 Å². The van der Waals surface area contributed by atoms with Crippen molar-refractivity contribution < 1.29 is 23.8 Å². The lowest BCUT2D eigenvalue weighted by Gasteiger charge is -2.24. The van der Waals surface area contributed by atoms with Crippen molar-refractivity contribution in [2.24, 2.45) is 0 Å². The first kappa shape index (κ1) is 14.6. The second kappa shape index (κ2) is 7.00. The standard InChI is InChI=1S/C11H18O5/c1-5-14-8-11(4,7-12)16-9(3)10(13)15-6-2/h7H,3,5-6,8H2,1-2,4H3. The average Bonchev–Trinajstić information content (AvgIpc) is 2.26. The first-order valence-electron chi connectivity index (χ1n) is 5.08. The van der Waals surface area contributed by atoms with Crippen LogP contribution in [0.25, 0.3) is 0 Å². The topological polar surface area (TPSA) is 61.8 Å². The number of aldehydes is 1. The molecule has 0 amide bonds. The summed E-state index contributed by atoms with van der Waals surface area (Å²) in [6, 6.07) is 0. The van der Waals surface area contributed by atoms with Crippen molar-refractivity contribution in [3.63, 3.8) is 0 Å². The summed E-state index contributed by atoms with van der Waals surface area (Å²) >= 11 is 0. The molecule has 5 heteroatoms. The Labute approximate surface area is 95.4 Å². The quantitative estimate of drug-likeness (QED) is 0.270. The monoisotopic (exact) mass is 230 g/mol. The number of ether oxygens (including phenoxy) is 3. The molecule has 0 N–H and O–H groups in total. The highest BCUT2D eigenvalue weighted by Gasteiger charge is 2.29. The van der Waals surface area contributed by atoms with E-state index in [0.29, 0.717) is 12.9 Å². The van der Waals surface area contributed by atoms with Crippen LogP contribution in [-0.2, 0) is 23.8 Å². The molecule has 1 atom stereocenters. The van der Waals surface area contributed by atoms with Crippen molar-refractivity contribution in [3.8, 4) is 0 Å². The number of hydrogen-bond acceptors (Lipinski definition) is 5. The highest BCUT2D eigenvalue weighted by molar-refractivity contribution is 5.86. The normalized spacial score (nSPS) is 13.7. The lowest BCUT2D eigenvalue weighted by Crippen LogP contribution is -2.37. The molecule has 0 saturated heterocycles. The number of carbonyl (C=O) groups is 2. The van der Waals surface area contributed by atoms with Gasteiger partial charge in [-0.3, -0.25) is 4.79 Å². The molecule has 92 valence electrons. The smallest absolute Gasteiger partial charge is 0.372 e. The lowest BCUT2D eigenvalue weighted by atomic mass is 10.1. The first-order valence-corrected chi connectivity index (χ1v) is 5.08. The number of carbonyl (C=O) groups excluding carboxylic acids is 2. The molecule has 0 saturated carbocycles. The zero-order valence-electron chi connectivity index (χ0n) is 9.95. The van der Waals surface area contributed by atoms with Crippen LogP contribution < -0.4 is 0 Å². The molecule has 16 heavy (non-hydrogen) atoms. The summed E-state index contributed by atoms with van der Waals surface area (Å²) in [4.78, 5) is 22.1. The van der Waals surface area contributed by atoms with E-state index in [1.54, 1.807) is 13.8 Å². The van der Waals surface area contributed by atoms with Crippen LogP contribution in [-0.4, -0.2) is 37.7 Å². The summed E-state index contributed by atoms with van der Waals surface area (Å²) in [6.07, 6.45) is 0.576. The third-order valence-corrected chi connectivity index (χ3v) is 1.70. The van der Waals surface area contributed by atoms with Crippen LogP contribution in [0.1, 0.15) is 20.8 Å². The summed E-state index contributed by atoms with van der Waals surface area (Å²) in [6.45, 7) is 9.13. The minimum Gasteiger partial charge on any atom is -0.471 e. The summed E-state index contributed by atoms with van der Waals surface area (Å²) in [5, 5.41) is 0. The van der Waals surface area contributed by atoms with Crippen LogP contribution in [0.15, 0.2) is 12.3 Å². The van der Waals surface area contributed by atoms with Gasteiger partial charge in [-0.25, -0.2) is 4.79 Å². The molecular formula is C11H18O5. The van der Waals surface area contributed by atoms with Gasteiger partial charge in [-0.05, 0) is 27.4 Å². The van der Waals surface area contributed by atoms with Gasteiger partial charge in [0.15, 0.2) is 17.6 Å². The molecule has 1 unspecified atom stereocenters. The highest BCUT2D eigenvalue weighted by Crippen LogP contribution is 2.13. The van der Waals surface area contributed by atoms with E-state index >= 15 is 0 Å². The molecule has 0 fully saturated rings. The maximum Gasteiger partial charge on any atom is 0.372 e. The van der Waals surface area contributed by atoms with Crippen molar-refractivity contribution in [2.45, 2.75) is 26.4 Å². The molecule has 0 radical (unpaired) electrons. The van der Waals surface area contributed by atoms with E-state index in [9.17, 15) is 9.59 Å². The van der Waals surface area contributed by atoms with Gasteiger partial charge < -0.3 is 14.2 Å². The van der Waals surface area contributed by atoms with Crippen molar-refractivity contribution in [1.29, 1.82) is 0 Å². The minimum absolute atomic E-state index is 0.0609. The van der Waals surface area contributed by atoms with Crippen LogP contribution in [0.5, 0.6) is 0 Å². The van der Waals surface area contributed by atoms with Crippen LogP contribution >= 0.6 is 0 Å². The molecule has 0 aromatic heterocycles. The van der Waals surface area contributed by atoms with Gasteiger partial charge in [-0.2, -0.15) is 0 Å². The van der Waals surface area contributed by atoms with Gasteiger partial charge in [0.1, 0.15) is 0 Å². The third-order valence-electron chi connectivity index (χ3n) is 1.70. The second-order valence-corrected chi connectivity index (χ2v) is 3.31. The van der Waals surface area contributed by atoms with E-state index in [0.717, 1.165) is 0 Å². The molecular weight excluding hydrogens is 212 g/mol. The Bertz CT molecular complexity index is 261. The Kier molecular flexibility index (Phi) is 6.41. The Morgan fingerprint density at radius 3 is 2.44 bits per heavy atom. The highest BCUT2D eigenvalue weighted by atomic mass is 16.6. The largest absolute Gasteiger partial charge is 0.471 e. The fraction of sp³-hybridized carbons (Fsp3) is 0.636. The maximum atomic E-state index is 11.2. The zero-order valence-corrected chi connectivity index (χ0v) is 9.95. The number of esters is 1. The second-order valence-electron chi connectivity index (χ2n) is 3.31. The van der Waals surface area contributed by atoms with Gasteiger partial charge in [0, 0.05) is 6.61 Å². The molecule has 0 aliphatic heterocycles. The van der Waals surface area contributed by atoms with E-state index in [4.69, 9.17) is 9.47 Å². The van der Waals surface area contributed by atoms with Gasteiger partial charge in [0.05, 0.1) is 13.2 Å². The maximum absolute atomic E-state index is 11.2. The fourth-order valence-electron chi connectivity index (χ4n) is 0.927. The molecule has 0 bridgehead atoms. The summed E-state index contributed by atoms with van der Waals surface area (Å²) < 4.78 is 14.9. The van der Waals surface area contributed by atoms with Crippen LogP contribution in [0.3, 0.4) is 0 Å². The van der Waals surface area contributed by atoms with E-state index < -0.39 is 11.6 Å². The van der Waals surface area contributed by atoms with E-state index in [-0.39, 0.29) is 19.0 Å². The molecule has 0 rings (SSSR count). The first-order chi connectivity index (χ1) is 7.49. The molecule has 0 aliphatic carbocycles. The van der Waals surface area contributed by atoms with Crippen molar-refractivity contribution >= 4 is 12.3 Å². The number of hydrogen-bond donors (Lipinski definition) is 0. The van der Waals surface area contributed by atoms with Gasteiger partial charge in [0.25, 0.3) is 0 Å². The Morgan fingerprint density at radius 2 is 2.00 bits per heavy atom. The van der Waals surface area contributed by atoms with Crippen LogP contribution in [0, 0.1) is 0 Å². The Morgan fingerprint density at radius 1 is 1.38 bits per heavy atom. The molecule has 0 heterocycles.